The lowest BCUT2D eigenvalue weighted by atomic mass is 10.2. The number of aliphatic carboxylic acids is 1. The number of carbonyl (C=O) groups excluding carboxylic acids is 1. The van der Waals surface area contributed by atoms with Crippen molar-refractivity contribution in [2.45, 2.75) is 36.7 Å². The van der Waals surface area contributed by atoms with E-state index in [1.165, 1.54) is 17.9 Å². The highest BCUT2D eigenvalue weighted by Gasteiger charge is 2.38. The molecule has 1 aliphatic carbocycles. The van der Waals surface area contributed by atoms with Gasteiger partial charge in [0, 0.05) is 11.6 Å². The summed E-state index contributed by atoms with van der Waals surface area (Å²) in [6.07, 6.45) is 1.55. The average Bonchev–Trinajstić information content (AvgIpc) is 3.32. The third kappa shape index (κ3) is 2.99. The molecule has 1 fully saturated rings. The summed E-state index contributed by atoms with van der Waals surface area (Å²) in [6, 6.07) is 5.35. The molecule has 0 saturated heterocycles. The number of nitrogens with zero attached hydrogens (tertiary/aromatic N) is 2. The van der Waals surface area contributed by atoms with E-state index in [1.807, 2.05) is 0 Å². The number of amides is 1. The molecule has 1 unspecified atom stereocenters. The summed E-state index contributed by atoms with van der Waals surface area (Å²) in [5.41, 5.74) is 0.412. The number of carbonyl (C=O) groups is 2. The number of amidine groups is 1. The fourth-order valence-corrected chi connectivity index (χ4v) is 3.94. The number of aliphatic imine (C=N–C) groups is 1. The lowest BCUT2D eigenvalue weighted by Crippen LogP contribution is -2.46. The van der Waals surface area contributed by atoms with E-state index in [0.29, 0.717) is 5.56 Å². The van der Waals surface area contributed by atoms with Crippen LogP contribution in [0.4, 0.5) is 0 Å². The van der Waals surface area contributed by atoms with Crippen LogP contribution < -0.4 is 4.72 Å². The molecule has 0 aromatic heterocycles. The molecule has 1 aromatic rings. The van der Waals surface area contributed by atoms with Crippen molar-refractivity contribution in [3.63, 3.8) is 0 Å². The summed E-state index contributed by atoms with van der Waals surface area (Å²) < 4.78 is 26.3. The van der Waals surface area contributed by atoms with E-state index < -0.39 is 27.9 Å². The van der Waals surface area contributed by atoms with Gasteiger partial charge < -0.3 is 10.0 Å². The Bertz CT molecular complexity index is 829. The summed E-state index contributed by atoms with van der Waals surface area (Å²) in [6.45, 7) is 1.15. The zero-order valence-electron chi connectivity index (χ0n) is 13.0. The number of carboxylic acid groups (broad SMARTS) is 1. The Morgan fingerprint density at radius 3 is 2.67 bits per heavy atom. The van der Waals surface area contributed by atoms with E-state index in [9.17, 15) is 18.0 Å². The molecule has 1 aromatic carbocycles. The average molecular weight is 351 g/mol. The number of fused-ring (bicyclic) bond motifs is 1. The van der Waals surface area contributed by atoms with Gasteiger partial charge in [-0.3, -0.25) is 14.5 Å². The summed E-state index contributed by atoms with van der Waals surface area (Å²) >= 11 is 0. The predicted octanol–water partition coefficient (Wildman–Crippen LogP) is 0.189. The lowest BCUT2D eigenvalue weighted by molar-refractivity contribution is -0.149. The number of hydrogen-bond acceptors (Lipinski definition) is 5. The first-order valence-electron chi connectivity index (χ1n) is 7.52. The summed E-state index contributed by atoms with van der Waals surface area (Å²) in [5, 5.41) is 9.14. The Hall–Kier alpha value is -2.42. The summed E-state index contributed by atoms with van der Waals surface area (Å²) in [4.78, 5) is 29.1. The maximum Gasteiger partial charge on any atom is 0.326 e. The molecule has 1 heterocycles. The molecule has 3 rings (SSSR count). The highest BCUT2D eigenvalue weighted by Crippen LogP contribution is 2.29. The molecule has 1 amide bonds. The maximum absolute atomic E-state index is 12.4. The van der Waals surface area contributed by atoms with Crippen LogP contribution in [0.15, 0.2) is 34.2 Å². The van der Waals surface area contributed by atoms with Crippen molar-refractivity contribution in [1.82, 2.24) is 9.62 Å². The van der Waals surface area contributed by atoms with Gasteiger partial charge in [0.2, 0.25) is 5.91 Å². The normalized spacial score (nSPS) is 21.0. The van der Waals surface area contributed by atoms with Crippen LogP contribution >= 0.6 is 0 Å². The quantitative estimate of drug-likeness (QED) is 0.785. The number of benzene rings is 1. The van der Waals surface area contributed by atoms with Crippen molar-refractivity contribution in [3.05, 3.63) is 29.8 Å². The largest absolute Gasteiger partial charge is 0.480 e. The number of carboxylic acids is 1. The minimum absolute atomic E-state index is 0.0728. The molecule has 9 heteroatoms. The monoisotopic (exact) mass is 351 g/mol. The summed E-state index contributed by atoms with van der Waals surface area (Å²) in [5.74, 6) is -1.39. The maximum atomic E-state index is 12.4. The van der Waals surface area contributed by atoms with Crippen molar-refractivity contribution in [1.29, 1.82) is 0 Å². The first kappa shape index (κ1) is 16.4. The smallest absolute Gasteiger partial charge is 0.326 e. The van der Waals surface area contributed by atoms with Gasteiger partial charge in [-0.05, 0) is 31.9 Å². The number of hydrogen-bond donors (Lipinski definition) is 2. The number of rotatable bonds is 5. The molecule has 24 heavy (non-hydrogen) atoms. The van der Waals surface area contributed by atoms with Gasteiger partial charge in [-0.2, -0.15) is 0 Å². The van der Waals surface area contributed by atoms with Crippen molar-refractivity contribution in [2.75, 3.05) is 6.54 Å². The Morgan fingerprint density at radius 2 is 2.04 bits per heavy atom. The van der Waals surface area contributed by atoms with Crippen LogP contribution in [0.3, 0.4) is 0 Å². The van der Waals surface area contributed by atoms with Crippen molar-refractivity contribution in [3.8, 4) is 0 Å². The fourth-order valence-electron chi connectivity index (χ4n) is 2.69. The van der Waals surface area contributed by atoms with Crippen molar-refractivity contribution < 1.29 is 23.1 Å². The van der Waals surface area contributed by atoms with Crippen molar-refractivity contribution >= 4 is 27.7 Å². The first-order chi connectivity index (χ1) is 11.3. The van der Waals surface area contributed by atoms with Crippen LogP contribution in [0.5, 0.6) is 0 Å². The molecule has 0 radical (unpaired) electrons. The second-order valence-electron chi connectivity index (χ2n) is 5.81. The molecular weight excluding hydrogens is 334 g/mol. The van der Waals surface area contributed by atoms with E-state index >= 15 is 0 Å². The number of nitrogens with one attached hydrogen (secondary N) is 1. The van der Waals surface area contributed by atoms with Crippen LogP contribution in [-0.2, 0) is 19.6 Å². The van der Waals surface area contributed by atoms with Gasteiger partial charge in [0.25, 0.3) is 10.0 Å². The molecule has 128 valence electrons. The molecule has 8 nitrogen and oxygen atoms in total. The highest BCUT2D eigenvalue weighted by atomic mass is 32.2. The third-order valence-corrected chi connectivity index (χ3v) is 5.44. The molecule has 1 aliphatic heterocycles. The van der Waals surface area contributed by atoms with E-state index in [0.717, 1.165) is 12.8 Å². The molecular formula is C15H17N3O5S. The van der Waals surface area contributed by atoms with Gasteiger partial charge in [-0.15, -0.1) is 0 Å². The topological polar surface area (TPSA) is 116 Å². The van der Waals surface area contributed by atoms with Crippen LogP contribution in [-0.4, -0.2) is 54.8 Å². The van der Waals surface area contributed by atoms with Gasteiger partial charge in [-0.1, -0.05) is 12.1 Å². The van der Waals surface area contributed by atoms with Gasteiger partial charge in [-0.25, -0.2) is 13.2 Å². The van der Waals surface area contributed by atoms with Gasteiger partial charge >= 0.3 is 5.97 Å². The van der Waals surface area contributed by atoms with Crippen LogP contribution in [0.1, 0.15) is 25.3 Å². The Morgan fingerprint density at radius 1 is 1.38 bits per heavy atom. The Labute approximate surface area is 139 Å². The first-order valence-corrected chi connectivity index (χ1v) is 9.00. The van der Waals surface area contributed by atoms with E-state index in [1.54, 1.807) is 18.2 Å². The fraction of sp³-hybridized carbons (Fsp3) is 0.400. The van der Waals surface area contributed by atoms with E-state index in [2.05, 4.69) is 9.71 Å². The Kier molecular flexibility index (Phi) is 4.04. The number of sulfonamides is 1. The minimum Gasteiger partial charge on any atom is -0.480 e. The molecule has 0 spiro atoms. The molecule has 2 N–H and O–H groups in total. The highest BCUT2D eigenvalue weighted by molar-refractivity contribution is 7.90. The van der Waals surface area contributed by atoms with E-state index in [4.69, 9.17) is 5.11 Å². The second kappa shape index (κ2) is 5.90. The van der Waals surface area contributed by atoms with Crippen LogP contribution in [0.2, 0.25) is 0 Å². The molecule has 1 saturated carbocycles. The third-order valence-electron chi connectivity index (χ3n) is 4.04. The standard InChI is InChI=1S/C15H17N3O5S/c1-9(15(20)21)18(10-6-7-10)13(19)8-16-14-11-4-2-3-5-12(11)24(22,23)17-14/h2-5,9-10H,6-8H2,1H3,(H,16,17)(H,20,21). The van der Waals surface area contributed by atoms with Gasteiger partial charge in [0.15, 0.2) is 0 Å². The lowest BCUT2D eigenvalue weighted by Gasteiger charge is -2.25. The molecule has 2 aliphatic rings. The van der Waals surface area contributed by atoms with Crippen LogP contribution in [0, 0.1) is 0 Å². The van der Waals surface area contributed by atoms with Crippen LogP contribution in [0.25, 0.3) is 0 Å². The SMILES string of the molecule is CC(C(=O)O)N(C(=O)CN=C1NS(=O)(=O)c2ccccc21)C1CC1. The summed E-state index contributed by atoms with van der Waals surface area (Å²) in [7, 11) is -3.66. The van der Waals surface area contributed by atoms with E-state index in [-0.39, 0.29) is 23.3 Å². The van der Waals surface area contributed by atoms with Crippen molar-refractivity contribution in [2.24, 2.45) is 4.99 Å². The Balaban J connectivity index is 1.81. The van der Waals surface area contributed by atoms with Gasteiger partial charge in [0.1, 0.15) is 18.4 Å². The van der Waals surface area contributed by atoms with Gasteiger partial charge in [0.05, 0.1) is 4.90 Å². The molecule has 0 bridgehead atoms. The zero-order chi connectivity index (χ0) is 17.5. The minimum atomic E-state index is -3.66. The predicted molar refractivity (Wildman–Crippen MR) is 85.1 cm³/mol. The zero-order valence-corrected chi connectivity index (χ0v) is 13.8. The molecule has 1 atom stereocenters. The second-order valence-corrected chi connectivity index (χ2v) is 7.46.